The van der Waals surface area contributed by atoms with Gasteiger partial charge in [0, 0.05) is 30.2 Å². The van der Waals surface area contributed by atoms with Gasteiger partial charge in [-0.2, -0.15) is 0 Å². The van der Waals surface area contributed by atoms with E-state index in [-0.39, 0.29) is 12.7 Å². The molecule has 2 aromatic rings. The number of rotatable bonds is 5. The number of carbonyl (C=O) groups is 1. The number of carbonyl (C=O) groups excluding carboxylic acids is 1. The topological polar surface area (TPSA) is 72.5 Å². The molecule has 0 fully saturated rings. The van der Waals surface area contributed by atoms with Crippen LogP contribution < -0.4 is 20.1 Å². The van der Waals surface area contributed by atoms with Crippen molar-refractivity contribution in [3.05, 3.63) is 42.2 Å². The Bertz CT molecular complexity index is 718. The summed E-state index contributed by atoms with van der Waals surface area (Å²) in [7, 11) is 0. The summed E-state index contributed by atoms with van der Waals surface area (Å²) in [4.78, 5) is 16.5. The molecule has 1 aliphatic rings. The minimum Gasteiger partial charge on any atom is -0.454 e. The van der Waals surface area contributed by atoms with Gasteiger partial charge < -0.3 is 20.1 Å². The molecule has 1 atom stereocenters. The number of nitrogens with zero attached hydrogens (tertiary/aromatic N) is 1. The lowest BCUT2D eigenvalue weighted by Gasteiger charge is -2.13. The van der Waals surface area contributed by atoms with Gasteiger partial charge in [-0.3, -0.25) is 9.78 Å². The Balaban J connectivity index is 1.72. The number of hydrogen-bond donors (Lipinski definition) is 2. The Morgan fingerprint density at radius 3 is 2.87 bits per heavy atom. The second kappa shape index (κ2) is 6.56. The van der Waals surface area contributed by atoms with E-state index >= 15 is 0 Å². The van der Waals surface area contributed by atoms with Crippen LogP contribution in [0.15, 0.2) is 36.7 Å². The zero-order valence-corrected chi connectivity index (χ0v) is 13.1. The van der Waals surface area contributed by atoms with Crippen LogP contribution in [0.3, 0.4) is 0 Å². The Hall–Kier alpha value is -2.76. The van der Waals surface area contributed by atoms with Gasteiger partial charge in [-0.05, 0) is 31.5 Å². The van der Waals surface area contributed by atoms with Crippen molar-refractivity contribution in [3.63, 3.8) is 0 Å². The molecule has 0 aliphatic carbocycles. The first kappa shape index (κ1) is 15.1. The quantitative estimate of drug-likeness (QED) is 0.886. The second-order valence-electron chi connectivity index (χ2n) is 5.44. The molecule has 6 heteroatoms. The largest absolute Gasteiger partial charge is 0.454 e. The predicted molar refractivity (Wildman–Crippen MR) is 88.1 cm³/mol. The van der Waals surface area contributed by atoms with Crippen LogP contribution in [0.25, 0.3) is 0 Å². The van der Waals surface area contributed by atoms with Gasteiger partial charge in [0.05, 0.1) is 11.3 Å². The van der Waals surface area contributed by atoms with Crippen molar-refractivity contribution in [2.45, 2.75) is 26.3 Å². The van der Waals surface area contributed by atoms with Crippen molar-refractivity contribution in [2.75, 3.05) is 17.4 Å². The molecular weight excluding hydrogens is 294 g/mol. The highest BCUT2D eigenvalue weighted by Gasteiger charge is 2.15. The van der Waals surface area contributed by atoms with Crippen LogP contribution in [0.4, 0.5) is 11.4 Å². The first-order chi connectivity index (χ1) is 11.2. The number of nitrogens with one attached hydrogen (secondary N) is 2. The average Bonchev–Trinajstić information content (AvgIpc) is 3.02. The van der Waals surface area contributed by atoms with E-state index in [2.05, 4.69) is 29.5 Å². The molecule has 0 bridgehead atoms. The lowest BCUT2D eigenvalue weighted by Crippen LogP contribution is -2.16. The monoisotopic (exact) mass is 313 g/mol. The van der Waals surface area contributed by atoms with E-state index in [0.717, 1.165) is 12.1 Å². The molecule has 3 rings (SSSR count). The number of hydrogen-bond acceptors (Lipinski definition) is 5. The van der Waals surface area contributed by atoms with E-state index < -0.39 is 0 Å². The molecule has 0 saturated heterocycles. The molecule has 0 radical (unpaired) electrons. The Morgan fingerprint density at radius 2 is 2.04 bits per heavy atom. The maximum absolute atomic E-state index is 12.4. The SMILES string of the molecule is CCC(C)Nc1cncc(C(=O)Nc2ccc3c(c2)OCO3)c1. The van der Waals surface area contributed by atoms with Crippen LogP contribution in [-0.2, 0) is 0 Å². The Kier molecular flexibility index (Phi) is 4.32. The van der Waals surface area contributed by atoms with Crippen LogP contribution in [0, 0.1) is 0 Å². The van der Waals surface area contributed by atoms with Gasteiger partial charge in [0.25, 0.3) is 5.91 Å². The van der Waals surface area contributed by atoms with Crippen LogP contribution in [0.5, 0.6) is 11.5 Å². The highest BCUT2D eigenvalue weighted by Crippen LogP contribution is 2.34. The van der Waals surface area contributed by atoms with Gasteiger partial charge in [0.1, 0.15) is 0 Å². The summed E-state index contributed by atoms with van der Waals surface area (Å²) in [6, 6.07) is 7.41. The van der Waals surface area contributed by atoms with Crippen molar-refractivity contribution in [3.8, 4) is 11.5 Å². The molecule has 2 N–H and O–H groups in total. The van der Waals surface area contributed by atoms with E-state index in [1.54, 1.807) is 36.7 Å². The van der Waals surface area contributed by atoms with E-state index in [1.807, 2.05) is 0 Å². The molecule has 1 aromatic carbocycles. The van der Waals surface area contributed by atoms with Crippen molar-refractivity contribution < 1.29 is 14.3 Å². The van der Waals surface area contributed by atoms with Gasteiger partial charge in [-0.1, -0.05) is 6.92 Å². The highest BCUT2D eigenvalue weighted by molar-refractivity contribution is 6.04. The third kappa shape index (κ3) is 3.53. The zero-order valence-electron chi connectivity index (χ0n) is 13.1. The number of fused-ring (bicyclic) bond motifs is 1. The fourth-order valence-corrected chi connectivity index (χ4v) is 2.21. The van der Waals surface area contributed by atoms with Crippen LogP contribution in [0.1, 0.15) is 30.6 Å². The molecule has 1 amide bonds. The maximum atomic E-state index is 12.4. The van der Waals surface area contributed by atoms with Gasteiger partial charge in [-0.15, -0.1) is 0 Å². The fraction of sp³-hybridized carbons (Fsp3) is 0.294. The lowest BCUT2D eigenvalue weighted by atomic mass is 10.2. The molecule has 1 aliphatic heterocycles. The summed E-state index contributed by atoms with van der Waals surface area (Å²) in [5, 5.41) is 6.15. The van der Waals surface area contributed by atoms with Crippen molar-refractivity contribution in [1.29, 1.82) is 0 Å². The summed E-state index contributed by atoms with van der Waals surface area (Å²) >= 11 is 0. The van der Waals surface area contributed by atoms with Gasteiger partial charge in [0.2, 0.25) is 6.79 Å². The van der Waals surface area contributed by atoms with Crippen molar-refractivity contribution in [1.82, 2.24) is 4.98 Å². The number of amides is 1. The number of benzene rings is 1. The van der Waals surface area contributed by atoms with E-state index in [9.17, 15) is 4.79 Å². The molecule has 1 unspecified atom stereocenters. The fourth-order valence-electron chi connectivity index (χ4n) is 2.21. The zero-order chi connectivity index (χ0) is 16.2. The number of anilines is 2. The molecular formula is C17H19N3O3. The minimum absolute atomic E-state index is 0.208. The summed E-state index contributed by atoms with van der Waals surface area (Å²) < 4.78 is 10.6. The third-order valence-electron chi connectivity index (χ3n) is 3.66. The Morgan fingerprint density at radius 1 is 1.22 bits per heavy atom. The molecule has 0 saturated carbocycles. The smallest absolute Gasteiger partial charge is 0.257 e. The van der Waals surface area contributed by atoms with Crippen molar-refractivity contribution in [2.24, 2.45) is 0 Å². The number of pyridine rings is 1. The summed E-state index contributed by atoms with van der Waals surface area (Å²) in [6.45, 7) is 4.39. The molecule has 1 aromatic heterocycles. The summed E-state index contributed by atoms with van der Waals surface area (Å²) in [5.74, 6) is 1.10. The molecule has 0 spiro atoms. The van der Waals surface area contributed by atoms with Crippen LogP contribution in [0.2, 0.25) is 0 Å². The maximum Gasteiger partial charge on any atom is 0.257 e. The predicted octanol–water partition coefficient (Wildman–Crippen LogP) is 3.27. The van der Waals surface area contributed by atoms with Gasteiger partial charge in [-0.25, -0.2) is 0 Å². The van der Waals surface area contributed by atoms with Crippen LogP contribution >= 0.6 is 0 Å². The van der Waals surface area contributed by atoms with E-state index in [1.165, 1.54) is 0 Å². The standard InChI is InChI=1S/C17H19N3O3/c1-3-11(2)19-14-6-12(8-18-9-14)17(21)20-13-4-5-15-16(7-13)23-10-22-15/h4-9,11,19H,3,10H2,1-2H3,(H,20,21). The van der Waals surface area contributed by atoms with Gasteiger partial charge in [0.15, 0.2) is 11.5 Å². The Labute approximate surface area is 134 Å². The second-order valence-corrected chi connectivity index (χ2v) is 5.44. The van der Waals surface area contributed by atoms with E-state index in [4.69, 9.17) is 9.47 Å². The summed E-state index contributed by atoms with van der Waals surface area (Å²) in [6.07, 6.45) is 4.25. The molecule has 120 valence electrons. The van der Waals surface area contributed by atoms with E-state index in [0.29, 0.717) is 28.8 Å². The average molecular weight is 313 g/mol. The lowest BCUT2D eigenvalue weighted by molar-refractivity contribution is 0.102. The third-order valence-corrected chi connectivity index (χ3v) is 3.66. The minimum atomic E-state index is -0.218. The molecule has 2 heterocycles. The first-order valence-corrected chi connectivity index (χ1v) is 7.58. The number of ether oxygens (including phenoxy) is 2. The van der Waals surface area contributed by atoms with Gasteiger partial charge >= 0.3 is 0 Å². The van der Waals surface area contributed by atoms with Crippen LogP contribution in [-0.4, -0.2) is 23.7 Å². The highest BCUT2D eigenvalue weighted by atomic mass is 16.7. The summed E-state index contributed by atoms with van der Waals surface area (Å²) in [5.41, 5.74) is 1.98. The molecule has 6 nitrogen and oxygen atoms in total. The first-order valence-electron chi connectivity index (χ1n) is 7.58. The number of aromatic nitrogens is 1. The normalized spacial score (nSPS) is 13.5. The molecule has 23 heavy (non-hydrogen) atoms. The van der Waals surface area contributed by atoms with Crippen molar-refractivity contribution >= 4 is 17.3 Å².